The number of nitrogens with one attached hydrogen (secondary N) is 2. The standard InChI is InChI=1S/C11H22N2O2/c1-3-4-9-15-10(14)13-11(2)5-7-12-8-6-11/h12H,3-9H2,1-2H3,(H,13,14). The largest absolute Gasteiger partial charge is 0.450 e. The lowest BCUT2D eigenvalue weighted by atomic mass is 9.91. The Labute approximate surface area is 91.8 Å². The van der Waals surface area contributed by atoms with Crippen molar-refractivity contribution in [2.45, 2.75) is 45.1 Å². The fraction of sp³-hybridized carbons (Fsp3) is 0.909. The van der Waals surface area contributed by atoms with E-state index in [1.54, 1.807) is 0 Å². The SMILES string of the molecule is CCCCOC(=O)NC1(C)CCNCC1. The fourth-order valence-electron chi connectivity index (χ4n) is 1.70. The summed E-state index contributed by atoms with van der Waals surface area (Å²) in [4.78, 5) is 11.4. The van der Waals surface area contributed by atoms with Gasteiger partial charge in [0.05, 0.1) is 6.61 Å². The van der Waals surface area contributed by atoms with Gasteiger partial charge in [0.1, 0.15) is 0 Å². The molecule has 0 radical (unpaired) electrons. The Balaban J connectivity index is 2.23. The van der Waals surface area contributed by atoms with Gasteiger partial charge in [0.25, 0.3) is 0 Å². The van der Waals surface area contributed by atoms with E-state index in [9.17, 15) is 4.79 Å². The number of carbonyl (C=O) groups is 1. The fourth-order valence-corrected chi connectivity index (χ4v) is 1.70. The Kier molecular flexibility index (Phi) is 4.88. The molecule has 15 heavy (non-hydrogen) atoms. The van der Waals surface area contributed by atoms with Gasteiger partial charge in [-0.25, -0.2) is 4.79 Å². The van der Waals surface area contributed by atoms with Crippen LogP contribution in [0.4, 0.5) is 4.79 Å². The molecule has 2 N–H and O–H groups in total. The van der Waals surface area contributed by atoms with Crippen molar-refractivity contribution in [1.82, 2.24) is 10.6 Å². The summed E-state index contributed by atoms with van der Waals surface area (Å²) < 4.78 is 5.08. The highest BCUT2D eigenvalue weighted by atomic mass is 16.5. The monoisotopic (exact) mass is 214 g/mol. The highest BCUT2D eigenvalue weighted by molar-refractivity contribution is 5.68. The third-order valence-corrected chi connectivity index (χ3v) is 2.84. The van der Waals surface area contributed by atoms with Crippen molar-refractivity contribution in [2.75, 3.05) is 19.7 Å². The normalized spacial score (nSPS) is 19.6. The summed E-state index contributed by atoms with van der Waals surface area (Å²) >= 11 is 0. The molecule has 0 unspecified atom stereocenters. The zero-order chi connectivity index (χ0) is 11.1. The number of piperidine rings is 1. The van der Waals surface area contributed by atoms with Crippen molar-refractivity contribution >= 4 is 6.09 Å². The van der Waals surface area contributed by atoms with Gasteiger partial charge in [0, 0.05) is 5.54 Å². The van der Waals surface area contributed by atoms with Crippen LogP contribution in [-0.2, 0) is 4.74 Å². The highest BCUT2D eigenvalue weighted by Gasteiger charge is 2.28. The second-order valence-corrected chi connectivity index (χ2v) is 4.43. The first-order valence-electron chi connectivity index (χ1n) is 5.82. The summed E-state index contributed by atoms with van der Waals surface area (Å²) in [6.07, 6.45) is 3.65. The number of unbranched alkanes of at least 4 members (excludes halogenated alkanes) is 1. The number of rotatable bonds is 4. The molecular weight excluding hydrogens is 192 g/mol. The van der Waals surface area contributed by atoms with Gasteiger partial charge in [-0.1, -0.05) is 13.3 Å². The molecule has 1 saturated heterocycles. The molecule has 88 valence electrons. The molecule has 0 aromatic rings. The van der Waals surface area contributed by atoms with Crippen LogP contribution in [0.1, 0.15) is 39.5 Å². The van der Waals surface area contributed by atoms with E-state index < -0.39 is 0 Å². The average molecular weight is 214 g/mol. The molecule has 4 nitrogen and oxygen atoms in total. The molecule has 4 heteroatoms. The van der Waals surface area contributed by atoms with Crippen LogP contribution in [0.3, 0.4) is 0 Å². The number of hydrogen-bond acceptors (Lipinski definition) is 3. The van der Waals surface area contributed by atoms with E-state index >= 15 is 0 Å². The quantitative estimate of drug-likeness (QED) is 0.700. The van der Waals surface area contributed by atoms with Gasteiger partial charge < -0.3 is 15.4 Å². The van der Waals surface area contributed by atoms with Crippen LogP contribution in [0, 0.1) is 0 Å². The van der Waals surface area contributed by atoms with Crippen LogP contribution in [0.25, 0.3) is 0 Å². The zero-order valence-electron chi connectivity index (χ0n) is 9.77. The minimum atomic E-state index is -0.271. The molecule has 1 heterocycles. The van der Waals surface area contributed by atoms with E-state index in [1.165, 1.54) is 0 Å². The Hall–Kier alpha value is -0.770. The Morgan fingerprint density at radius 3 is 2.73 bits per heavy atom. The molecule has 1 aliphatic rings. The maximum atomic E-state index is 11.4. The molecule has 0 aromatic carbocycles. The lowest BCUT2D eigenvalue weighted by Gasteiger charge is -2.34. The third kappa shape index (κ3) is 4.51. The molecule has 1 fully saturated rings. The maximum Gasteiger partial charge on any atom is 0.407 e. The Morgan fingerprint density at radius 1 is 1.47 bits per heavy atom. The van der Waals surface area contributed by atoms with Crippen LogP contribution in [0.2, 0.25) is 0 Å². The molecule has 0 aliphatic carbocycles. The first kappa shape index (κ1) is 12.3. The molecule has 0 bridgehead atoms. The van der Waals surface area contributed by atoms with Crippen molar-refractivity contribution in [1.29, 1.82) is 0 Å². The van der Waals surface area contributed by atoms with E-state index in [4.69, 9.17) is 4.74 Å². The van der Waals surface area contributed by atoms with Crippen LogP contribution in [0.5, 0.6) is 0 Å². The number of ether oxygens (including phenoxy) is 1. The number of amides is 1. The van der Waals surface area contributed by atoms with Gasteiger partial charge >= 0.3 is 6.09 Å². The molecule has 1 amide bonds. The van der Waals surface area contributed by atoms with Crippen LogP contribution in [0.15, 0.2) is 0 Å². The summed E-state index contributed by atoms with van der Waals surface area (Å²) in [6, 6.07) is 0. The predicted molar refractivity (Wildman–Crippen MR) is 59.9 cm³/mol. The summed E-state index contributed by atoms with van der Waals surface area (Å²) in [5.41, 5.74) is -0.0887. The zero-order valence-corrected chi connectivity index (χ0v) is 9.77. The molecule has 1 aliphatic heterocycles. The topological polar surface area (TPSA) is 50.4 Å². The molecule has 0 aromatic heterocycles. The van der Waals surface area contributed by atoms with Gasteiger partial charge in [-0.3, -0.25) is 0 Å². The van der Waals surface area contributed by atoms with Gasteiger partial charge in [0.15, 0.2) is 0 Å². The molecule has 0 saturated carbocycles. The summed E-state index contributed by atoms with van der Waals surface area (Å²) in [7, 11) is 0. The second-order valence-electron chi connectivity index (χ2n) is 4.43. The van der Waals surface area contributed by atoms with Crippen LogP contribution >= 0.6 is 0 Å². The van der Waals surface area contributed by atoms with Gasteiger partial charge in [-0.05, 0) is 39.3 Å². The number of alkyl carbamates (subject to hydrolysis) is 1. The van der Waals surface area contributed by atoms with Crippen molar-refractivity contribution < 1.29 is 9.53 Å². The Morgan fingerprint density at radius 2 is 2.13 bits per heavy atom. The maximum absolute atomic E-state index is 11.4. The smallest absolute Gasteiger partial charge is 0.407 e. The molecule has 0 atom stereocenters. The van der Waals surface area contributed by atoms with Gasteiger partial charge in [-0.15, -0.1) is 0 Å². The minimum absolute atomic E-state index is 0.0887. The second kappa shape index (κ2) is 5.95. The van der Waals surface area contributed by atoms with Crippen LogP contribution < -0.4 is 10.6 Å². The van der Waals surface area contributed by atoms with E-state index in [0.29, 0.717) is 6.61 Å². The lowest BCUT2D eigenvalue weighted by Crippen LogP contribution is -2.52. The van der Waals surface area contributed by atoms with Crippen molar-refractivity contribution in [3.63, 3.8) is 0 Å². The average Bonchev–Trinajstić information content (AvgIpc) is 2.18. The van der Waals surface area contributed by atoms with Gasteiger partial charge in [-0.2, -0.15) is 0 Å². The molecule has 1 rings (SSSR count). The van der Waals surface area contributed by atoms with Crippen molar-refractivity contribution in [2.24, 2.45) is 0 Å². The van der Waals surface area contributed by atoms with Crippen LogP contribution in [-0.4, -0.2) is 31.3 Å². The summed E-state index contributed by atoms with van der Waals surface area (Å²) in [5, 5.41) is 6.23. The third-order valence-electron chi connectivity index (χ3n) is 2.84. The van der Waals surface area contributed by atoms with Crippen molar-refractivity contribution in [3.05, 3.63) is 0 Å². The van der Waals surface area contributed by atoms with E-state index in [0.717, 1.165) is 38.8 Å². The predicted octanol–water partition coefficient (Wildman–Crippen LogP) is 1.65. The van der Waals surface area contributed by atoms with E-state index in [-0.39, 0.29) is 11.6 Å². The highest BCUT2D eigenvalue weighted by Crippen LogP contribution is 2.16. The number of hydrogen-bond donors (Lipinski definition) is 2. The van der Waals surface area contributed by atoms with Gasteiger partial charge in [0.2, 0.25) is 0 Å². The Bertz CT molecular complexity index is 201. The number of carbonyl (C=O) groups excluding carboxylic acids is 1. The van der Waals surface area contributed by atoms with E-state index in [2.05, 4.69) is 24.5 Å². The van der Waals surface area contributed by atoms with E-state index in [1.807, 2.05) is 0 Å². The minimum Gasteiger partial charge on any atom is -0.450 e. The molecule has 0 spiro atoms. The first-order chi connectivity index (χ1) is 7.16. The first-order valence-corrected chi connectivity index (χ1v) is 5.82. The summed E-state index contributed by atoms with van der Waals surface area (Å²) in [5.74, 6) is 0. The molecular formula is C11H22N2O2. The lowest BCUT2D eigenvalue weighted by molar-refractivity contribution is 0.127. The van der Waals surface area contributed by atoms with Crippen molar-refractivity contribution in [3.8, 4) is 0 Å². The summed E-state index contributed by atoms with van der Waals surface area (Å²) in [6.45, 7) is 6.61.